The zero-order valence-electron chi connectivity index (χ0n) is 10.3. The Morgan fingerprint density at radius 3 is 2.67 bits per heavy atom. The highest BCUT2D eigenvalue weighted by Gasteiger charge is 2.05. The number of hydrogen-bond acceptors (Lipinski definition) is 2. The zero-order valence-corrected chi connectivity index (χ0v) is 10.3. The first kappa shape index (κ1) is 12.4. The molecule has 0 bridgehead atoms. The number of aromatic nitrogens is 2. The second kappa shape index (κ2) is 5.08. The van der Waals surface area contributed by atoms with E-state index in [1.54, 1.807) is 27.6 Å². The van der Waals surface area contributed by atoms with Gasteiger partial charge < -0.3 is 5.73 Å². The number of benzene rings is 1. The highest BCUT2D eigenvalue weighted by molar-refractivity contribution is 5.41. The Labute approximate surface area is 104 Å². The number of anilines is 1. The van der Waals surface area contributed by atoms with Crippen molar-refractivity contribution in [1.29, 1.82) is 0 Å². The van der Waals surface area contributed by atoms with Gasteiger partial charge in [-0.3, -0.25) is 9.13 Å². The fraction of sp³-hybridized carbons (Fsp3) is 0.308. The fourth-order valence-corrected chi connectivity index (χ4v) is 1.85. The minimum absolute atomic E-state index is 0.0749. The van der Waals surface area contributed by atoms with Crippen molar-refractivity contribution in [2.45, 2.75) is 26.4 Å². The molecule has 18 heavy (non-hydrogen) atoms. The van der Waals surface area contributed by atoms with Crippen molar-refractivity contribution in [2.24, 2.45) is 0 Å². The van der Waals surface area contributed by atoms with Crippen LogP contribution < -0.4 is 11.4 Å². The molecule has 0 aliphatic carbocycles. The number of rotatable bonds is 4. The summed E-state index contributed by atoms with van der Waals surface area (Å²) in [6, 6.07) is 4.60. The Kier molecular flexibility index (Phi) is 3.50. The summed E-state index contributed by atoms with van der Waals surface area (Å²) in [4.78, 5) is 11.9. The summed E-state index contributed by atoms with van der Waals surface area (Å²) in [5.41, 5.74) is 6.17. The van der Waals surface area contributed by atoms with Crippen LogP contribution in [0.2, 0.25) is 0 Å². The van der Waals surface area contributed by atoms with Gasteiger partial charge in [0.25, 0.3) is 0 Å². The molecule has 0 spiro atoms. The van der Waals surface area contributed by atoms with Gasteiger partial charge in [0.1, 0.15) is 5.82 Å². The van der Waals surface area contributed by atoms with Crippen LogP contribution in [0, 0.1) is 5.82 Å². The number of nitrogens with two attached hydrogens (primary N) is 1. The molecular weight excluding hydrogens is 233 g/mol. The lowest BCUT2D eigenvalue weighted by atomic mass is 10.2. The number of nitrogen functional groups attached to an aromatic ring is 1. The van der Waals surface area contributed by atoms with Crippen molar-refractivity contribution in [2.75, 3.05) is 5.73 Å². The van der Waals surface area contributed by atoms with Gasteiger partial charge in [-0.1, -0.05) is 13.0 Å². The molecule has 0 saturated heterocycles. The van der Waals surface area contributed by atoms with Gasteiger partial charge in [0.2, 0.25) is 0 Å². The van der Waals surface area contributed by atoms with E-state index in [0.29, 0.717) is 13.1 Å². The monoisotopic (exact) mass is 249 g/mol. The maximum Gasteiger partial charge on any atom is 0.328 e. The Balaban J connectivity index is 2.23. The molecule has 0 aliphatic rings. The van der Waals surface area contributed by atoms with Crippen molar-refractivity contribution in [1.82, 2.24) is 9.13 Å². The van der Waals surface area contributed by atoms with Gasteiger partial charge in [0.05, 0.1) is 12.2 Å². The molecule has 0 aliphatic heterocycles. The van der Waals surface area contributed by atoms with Crippen LogP contribution in [-0.4, -0.2) is 9.13 Å². The van der Waals surface area contributed by atoms with Crippen LogP contribution in [0.3, 0.4) is 0 Å². The molecule has 0 fully saturated rings. The average Bonchev–Trinajstić information content (AvgIpc) is 2.67. The molecule has 4 nitrogen and oxygen atoms in total. The Morgan fingerprint density at radius 2 is 2.00 bits per heavy atom. The smallest absolute Gasteiger partial charge is 0.328 e. The third kappa shape index (κ3) is 2.45. The Hall–Kier alpha value is -2.04. The van der Waals surface area contributed by atoms with E-state index in [0.717, 1.165) is 12.0 Å². The number of imidazole rings is 1. The summed E-state index contributed by atoms with van der Waals surface area (Å²) in [6.45, 7) is 3.06. The van der Waals surface area contributed by atoms with Gasteiger partial charge in [-0.25, -0.2) is 9.18 Å². The van der Waals surface area contributed by atoms with E-state index in [1.807, 2.05) is 6.92 Å². The van der Waals surface area contributed by atoms with Crippen LogP contribution in [0.15, 0.2) is 35.4 Å². The average molecular weight is 249 g/mol. The van der Waals surface area contributed by atoms with E-state index in [9.17, 15) is 9.18 Å². The third-order valence-corrected chi connectivity index (χ3v) is 2.80. The van der Waals surface area contributed by atoms with E-state index in [4.69, 9.17) is 5.73 Å². The summed E-state index contributed by atoms with van der Waals surface area (Å²) in [5, 5.41) is 0. The molecule has 0 atom stereocenters. The number of hydrogen-bond donors (Lipinski definition) is 1. The normalized spacial score (nSPS) is 10.8. The van der Waals surface area contributed by atoms with Crippen molar-refractivity contribution in [3.05, 3.63) is 52.5 Å². The molecule has 0 unspecified atom stereocenters. The summed E-state index contributed by atoms with van der Waals surface area (Å²) in [7, 11) is 0. The molecular formula is C13H16FN3O. The second-order valence-corrected chi connectivity index (χ2v) is 4.26. The molecule has 1 aromatic heterocycles. The van der Waals surface area contributed by atoms with Crippen molar-refractivity contribution in [3.8, 4) is 0 Å². The predicted octanol–water partition coefficient (Wildman–Crippen LogP) is 1.83. The molecule has 96 valence electrons. The van der Waals surface area contributed by atoms with E-state index < -0.39 is 5.82 Å². The lowest BCUT2D eigenvalue weighted by Gasteiger charge is -2.04. The maximum absolute atomic E-state index is 13.3. The third-order valence-electron chi connectivity index (χ3n) is 2.80. The first-order valence-corrected chi connectivity index (χ1v) is 5.91. The predicted molar refractivity (Wildman–Crippen MR) is 68.9 cm³/mol. The first-order chi connectivity index (χ1) is 8.61. The van der Waals surface area contributed by atoms with Crippen LogP contribution in [0.25, 0.3) is 0 Å². The molecule has 0 amide bonds. The van der Waals surface area contributed by atoms with Crippen LogP contribution in [0.4, 0.5) is 10.1 Å². The summed E-state index contributed by atoms with van der Waals surface area (Å²) < 4.78 is 16.5. The molecule has 2 rings (SSSR count). The number of aryl methyl sites for hydroxylation is 1. The van der Waals surface area contributed by atoms with Gasteiger partial charge in [-0.15, -0.1) is 0 Å². The molecule has 1 heterocycles. The van der Waals surface area contributed by atoms with Crippen LogP contribution >= 0.6 is 0 Å². The maximum atomic E-state index is 13.3. The summed E-state index contributed by atoms with van der Waals surface area (Å²) in [6.07, 6.45) is 4.37. The first-order valence-electron chi connectivity index (χ1n) is 5.91. The van der Waals surface area contributed by atoms with E-state index in [-0.39, 0.29) is 11.4 Å². The molecule has 2 aromatic rings. The number of nitrogens with zero attached hydrogens (tertiary/aromatic N) is 2. The standard InChI is InChI=1S/C13H16FN3O/c1-2-5-16-6-7-17(13(16)18)9-10-3-4-12(15)11(14)8-10/h3-4,6-8H,2,5,9,15H2,1H3. The number of halogens is 1. The van der Waals surface area contributed by atoms with Crippen molar-refractivity contribution < 1.29 is 4.39 Å². The highest BCUT2D eigenvalue weighted by atomic mass is 19.1. The van der Waals surface area contributed by atoms with Crippen molar-refractivity contribution >= 4 is 5.69 Å². The van der Waals surface area contributed by atoms with Crippen molar-refractivity contribution in [3.63, 3.8) is 0 Å². The minimum Gasteiger partial charge on any atom is -0.396 e. The molecule has 2 N–H and O–H groups in total. The van der Waals surface area contributed by atoms with Crippen LogP contribution in [0.5, 0.6) is 0 Å². The van der Waals surface area contributed by atoms with E-state index in [1.165, 1.54) is 12.1 Å². The summed E-state index contributed by atoms with van der Waals surface area (Å²) >= 11 is 0. The summed E-state index contributed by atoms with van der Waals surface area (Å²) in [5.74, 6) is -0.450. The van der Waals surface area contributed by atoms with Gasteiger partial charge in [0.15, 0.2) is 0 Å². The fourth-order valence-electron chi connectivity index (χ4n) is 1.85. The zero-order chi connectivity index (χ0) is 13.1. The lowest BCUT2D eigenvalue weighted by molar-refractivity contribution is 0.615. The van der Waals surface area contributed by atoms with Gasteiger partial charge in [-0.05, 0) is 24.1 Å². The molecule has 0 saturated carbocycles. The Bertz CT molecular complexity index is 601. The Morgan fingerprint density at radius 1 is 1.28 bits per heavy atom. The topological polar surface area (TPSA) is 52.9 Å². The van der Waals surface area contributed by atoms with Gasteiger partial charge in [0, 0.05) is 18.9 Å². The van der Waals surface area contributed by atoms with Gasteiger partial charge >= 0.3 is 5.69 Å². The SMILES string of the molecule is CCCn1ccn(Cc2ccc(N)c(F)c2)c1=O. The lowest BCUT2D eigenvalue weighted by Crippen LogP contribution is -2.24. The highest BCUT2D eigenvalue weighted by Crippen LogP contribution is 2.12. The second-order valence-electron chi connectivity index (χ2n) is 4.26. The molecule has 1 aromatic carbocycles. The van der Waals surface area contributed by atoms with Gasteiger partial charge in [-0.2, -0.15) is 0 Å². The minimum atomic E-state index is -0.450. The molecule has 5 heteroatoms. The van der Waals surface area contributed by atoms with E-state index >= 15 is 0 Å². The quantitative estimate of drug-likeness (QED) is 0.840. The largest absolute Gasteiger partial charge is 0.396 e. The van der Waals surface area contributed by atoms with Crippen LogP contribution in [-0.2, 0) is 13.1 Å². The van der Waals surface area contributed by atoms with E-state index in [2.05, 4.69) is 0 Å². The molecule has 0 radical (unpaired) electrons. The van der Waals surface area contributed by atoms with Crippen LogP contribution in [0.1, 0.15) is 18.9 Å².